The first-order valence-corrected chi connectivity index (χ1v) is 5.68. The van der Waals surface area contributed by atoms with Gasteiger partial charge in [0, 0.05) is 11.8 Å². The zero-order valence-electron chi connectivity index (χ0n) is 10.0. The molecule has 0 atom stereocenters. The van der Waals surface area contributed by atoms with Crippen molar-refractivity contribution in [3.63, 3.8) is 0 Å². The van der Waals surface area contributed by atoms with Crippen LogP contribution in [-0.2, 0) is 6.54 Å². The van der Waals surface area contributed by atoms with Crippen molar-refractivity contribution >= 4 is 11.9 Å². The summed E-state index contributed by atoms with van der Waals surface area (Å²) in [5.74, 6) is -1.21. The third-order valence-electron chi connectivity index (χ3n) is 2.54. The Kier molecular flexibility index (Phi) is 3.87. The van der Waals surface area contributed by atoms with Crippen molar-refractivity contribution in [2.24, 2.45) is 0 Å². The molecule has 0 aliphatic heterocycles. The van der Waals surface area contributed by atoms with Gasteiger partial charge in [-0.15, -0.1) is 0 Å². The first-order chi connectivity index (χ1) is 9.16. The van der Waals surface area contributed by atoms with Crippen LogP contribution in [0.25, 0.3) is 0 Å². The predicted octanol–water partition coefficient (Wildman–Crippen LogP) is 1.71. The van der Waals surface area contributed by atoms with E-state index in [4.69, 9.17) is 5.11 Å². The number of aromatic carboxylic acids is 1. The highest BCUT2D eigenvalue weighted by molar-refractivity contribution is 5.94. The Morgan fingerprint density at radius 3 is 2.37 bits per heavy atom. The summed E-state index contributed by atoms with van der Waals surface area (Å²) in [6.07, 6.45) is 1.27. The van der Waals surface area contributed by atoms with Crippen LogP contribution in [0.15, 0.2) is 48.7 Å². The molecule has 0 bridgehead atoms. The van der Waals surface area contributed by atoms with Gasteiger partial charge in [0.2, 0.25) is 0 Å². The Balaban J connectivity index is 1.95. The molecule has 2 rings (SSSR count). The molecule has 5 nitrogen and oxygen atoms in total. The summed E-state index contributed by atoms with van der Waals surface area (Å²) in [6.45, 7) is 0.258. The minimum Gasteiger partial charge on any atom is -0.478 e. The zero-order chi connectivity index (χ0) is 13.7. The Morgan fingerprint density at radius 2 is 1.79 bits per heavy atom. The molecule has 0 saturated carbocycles. The molecule has 0 spiro atoms. The molecule has 1 aromatic heterocycles. The SMILES string of the molecule is O=C(O)c1ccc(CNC(=O)c2ccccc2)nc1. The highest BCUT2D eigenvalue weighted by atomic mass is 16.4. The van der Waals surface area contributed by atoms with Gasteiger partial charge in [-0.1, -0.05) is 18.2 Å². The van der Waals surface area contributed by atoms with Crippen molar-refractivity contribution in [1.29, 1.82) is 0 Å². The topological polar surface area (TPSA) is 79.3 Å². The molecular weight excluding hydrogens is 244 g/mol. The molecule has 0 aliphatic rings. The number of benzene rings is 1. The normalized spacial score (nSPS) is 9.89. The Hall–Kier alpha value is -2.69. The summed E-state index contributed by atoms with van der Waals surface area (Å²) in [5.41, 5.74) is 1.30. The minimum absolute atomic E-state index is 0.123. The van der Waals surface area contributed by atoms with Crippen LogP contribution in [-0.4, -0.2) is 22.0 Å². The first kappa shape index (κ1) is 12.8. The lowest BCUT2D eigenvalue weighted by atomic mass is 10.2. The highest BCUT2D eigenvalue weighted by Crippen LogP contribution is 2.02. The monoisotopic (exact) mass is 256 g/mol. The molecule has 1 aromatic carbocycles. The van der Waals surface area contributed by atoms with Gasteiger partial charge in [0.1, 0.15) is 0 Å². The average molecular weight is 256 g/mol. The number of amides is 1. The van der Waals surface area contributed by atoms with Crippen molar-refractivity contribution in [2.75, 3.05) is 0 Å². The second-order valence-corrected chi connectivity index (χ2v) is 3.89. The Bertz CT molecular complexity index is 579. The fourth-order valence-corrected chi connectivity index (χ4v) is 1.52. The number of pyridine rings is 1. The average Bonchev–Trinajstić information content (AvgIpc) is 2.46. The predicted molar refractivity (Wildman–Crippen MR) is 68.8 cm³/mol. The van der Waals surface area contributed by atoms with Crippen molar-refractivity contribution in [2.45, 2.75) is 6.54 Å². The summed E-state index contributed by atoms with van der Waals surface area (Å²) in [7, 11) is 0. The number of carboxylic acid groups (broad SMARTS) is 1. The largest absolute Gasteiger partial charge is 0.478 e. The fourth-order valence-electron chi connectivity index (χ4n) is 1.52. The van der Waals surface area contributed by atoms with E-state index in [2.05, 4.69) is 10.3 Å². The van der Waals surface area contributed by atoms with E-state index < -0.39 is 5.97 Å². The molecule has 1 amide bonds. The van der Waals surface area contributed by atoms with Gasteiger partial charge >= 0.3 is 5.97 Å². The zero-order valence-corrected chi connectivity index (χ0v) is 10.0. The number of nitrogens with one attached hydrogen (secondary N) is 1. The maximum atomic E-state index is 11.8. The molecule has 0 saturated heterocycles. The highest BCUT2D eigenvalue weighted by Gasteiger charge is 2.06. The lowest BCUT2D eigenvalue weighted by molar-refractivity contribution is 0.0696. The molecule has 19 heavy (non-hydrogen) atoms. The van der Waals surface area contributed by atoms with Crippen LogP contribution in [0.3, 0.4) is 0 Å². The number of carboxylic acids is 1. The molecule has 96 valence electrons. The summed E-state index contributed by atoms with van der Waals surface area (Å²) in [6, 6.07) is 11.9. The van der Waals surface area contributed by atoms with Crippen molar-refractivity contribution < 1.29 is 14.7 Å². The lowest BCUT2D eigenvalue weighted by Gasteiger charge is -2.04. The van der Waals surface area contributed by atoms with E-state index >= 15 is 0 Å². The van der Waals surface area contributed by atoms with Crippen LogP contribution in [0.1, 0.15) is 26.4 Å². The lowest BCUT2D eigenvalue weighted by Crippen LogP contribution is -2.23. The Morgan fingerprint density at radius 1 is 1.05 bits per heavy atom. The third kappa shape index (κ3) is 3.38. The molecule has 1 heterocycles. The number of carbonyl (C=O) groups is 2. The van der Waals surface area contributed by atoms with Gasteiger partial charge in [0.05, 0.1) is 17.8 Å². The van der Waals surface area contributed by atoms with E-state index in [1.165, 1.54) is 12.3 Å². The first-order valence-electron chi connectivity index (χ1n) is 5.68. The van der Waals surface area contributed by atoms with Gasteiger partial charge in [0.25, 0.3) is 5.91 Å². The smallest absolute Gasteiger partial charge is 0.337 e. The summed E-state index contributed by atoms with van der Waals surface area (Å²) < 4.78 is 0. The van der Waals surface area contributed by atoms with E-state index in [1.54, 1.807) is 30.3 Å². The fraction of sp³-hybridized carbons (Fsp3) is 0.0714. The van der Waals surface area contributed by atoms with Crippen LogP contribution in [0, 0.1) is 0 Å². The van der Waals surface area contributed by atoms with Gasteiger partial charge in [-0.25, -0.2) is 4.79 Å². The maximum Gasteiger partial charge on any atom is 0.337 e. The van der Waals surface area contributed by atoms with Gasteiger partial charge in [-0.3, -0.25) is 9.78 Å². The molecule has 0 fully saturated rings. The second kappa shape index (κ2) is 5.77. The van der Waals surface area contributed by atoms with E-state index in [0.29, 0.717) is 11.3 Å². The third-order valence-corrected chi connectivity index (χ3v) is 2.54. The molecule has 5 heteroatoms. The van der Waals surface area contributed by atoms with Crippen LogP contribution < -0.4 is 5.32 Å². The van der Waals surface area contributed by atoms with E-state index in [1.807, 2.05) is 6.07 Å². The quantitative estimate of drug-likeness (QED) is 0.872. The van der Waals surface area contributed by atoms with Crippen molar-refractivity contribution in [1.82, 2.24) is 10.3 Å². The standard InChI is InChI=1S/C14H12N2O3/c17-13(10-4-2-1-3-5-10)16-9-12-7-6-11(8-15-12)14(18)19/h1-8H,9H2,(H,16,17)(H,18,19). The number of nitrogens with zero attached hydrogens (tertiary/aromatic N) is 1. The van der Waals surface area contributed by atoms with Crippen molar-refractivity contribution in [3.8, 4) is 0 Å². The van der Waals surface area contributed by atoms with E-state index in [0.717, 1.165) is 0 Å². The van der Waals surface area contributed by atoms with Crippen molar-refractivity contribution in [3.05, 3.63) is 65.5 Å². The second-order valence-electron chi connectivity index (χ2n) is 3.89. The molecular formula is C14H12N2O3. The van der Waals surface area contributed by atoms with Gasteiger partial charge < -0.3 is 10.4 Å². The minimum atomic E-state index is -1.02. The summed E-state index contributed by atoms with van der Waals surface area (Å²) >= 11 is 0. The molecule has 0 aliphatic carbocycles. The van der Waals surface area contributed by atoms with Gasteiger partial charge in [-0.05, 0) is 24.3 Å². The van der Waals surface area contributed by atoms with Gasteiger partial charge in [0.15, 0.2) is 0 Å². The maximum absolute atomic E-state index is 11.8. The van der Waals surface area contributed by atoms with Crippen LogP contribution >= 0.6 is 0 Å². The molecule has 0 radical (unpaired) electrons. The molecule has 2 N–H and O–H groups in total. The van der Waals surface area contributed by atoms with E-state index in [-0.39, 0.29) is 18.0 Å². The van der Waals surface area contributed by atoms with E-state index in [9.17, 15) is 9.59 Å². The number of hydrogen-bond acceptors (Lipinski definition) is 3. The Labute approximate surface area is 109 Å². The van der Waals surface area contributed by atoms with Crippen LogP contribution in [0.4, 0.5) is 0 Å². The molecule has 0 unspecified atom stereocenters. The number of aromatic nitrogens is 1. The number of carbonyl (C=O) groups excluding carboxylic acids is 1. The number of hydrogen-bond donors (Lipinski definition) is 2. The summed E-state index contributed by atoms with van der Waals surface area (Å²) in [5, 5.41) is 11.4. The van der Waals surface area contributed by atoms with Crippen LogP contribution in [0.5, 0.6) is 0 Å². The number of rotatable bonds is 4. The van der Waals surface area contributed by atoms with Crippen LogP contribution in [0.2, 0.25) is 0 Å². The molecule has 2 aromatic rings. The summed E-state index contributed by atoms with van der Waals surface area (Å²) in [4.78, 5) is 26.4. The van der Waals surface area contributed by atoms with Gasteiger partial charge in [-0.2, -0.15) is 0 Å².